The summed E-state index contributed by atoms with van der Waals surface area (Å²) < 4.78 is 0. The number of H-pyrrole nitrogens is 1. The van der Waals surface area contributed by atoms with Gasteiger partial charge in [0.1, 0.15) is 0 Å². The Hall–Kier alpha value is -4.59. The van der Waals surface area contributed by atoms with Crippen LogP contribution in [0.4, 0.5) is 5.69 Å². The van der Waals surface area contributed by atoms with E-state index in [1.807, 2.05) is 60.7 Å². The number of anilines is 1. The van der Waals surface area contributed by atoms with Crippen molar-refractivity contribution < 1.29 is 14.7 Å². The van der Waals surface area contributed by atoms with Crippen LogP contribution in [0.15, 0.2) is 102 Å². The molecular formula is C35H29Cl2N3O4. The van der Waals surface area contributed by atoms with Gasteiger partial charge in [-0.1, -0.05) is 53.5 Å². The van der Waals surface area contributed by atoms with Crippen LogP contribution in [0.3, 0.4) is 0 Å². The van der Waals surface area contributed by atoms with Crippen LogP contribution in [-0.2, 0) is 0 Å². The molecule has 7 nitrogen and oxygen atoms in total. The molecule has 5 aromatic rings. The molecule has 0 atom stereocenters. The molecule has 0 spiro atoms. The van der Waals surface area contributed by atoms with Crippen LogP contribution in [0.2, 0.25) is 10.0 Å². The topological polar surface area (TPSA) is 102 Å². The average Bonchev–Trinajstić information content (AvgIpc) is 3.03. The number of aromatic amines is 1. The largest absolute Gasteiger partial charge is 0.478 e. The quantitative estimate of drug-likeness (QED) is 0.163. The van der Waals surface area contributed by atoms with Crippen LogP contribution in [0.25, 0.3) is 10.9 Å². The molecule has 3 N–H and O–H groups in total. The van der Waals surface area contributed by atoms with E-state index >= 15 is 0 Å². The molecule has 2 heterocycles. The molecule has 4 aromatic carbocycles. The number of piperidine rings is 1. The predicted octanol–water partition coefficient (Wildman–Crippen LogP) is 7.43. The van der Waals surface area contributed by atoms with Gasteiger partial charge in [0.25, 0.3) is 5.91 Å². The van der Waals surface area contributed by atoms with Gasteiger partial charge in [0.2, 0.25) is 5.56 Å². The van der Waals surface area contributed by atoms with E-state index in [1.54, 1.807) is 23.1 Å². The van der Waals surface area contributed by atoms with Crippen molar-refractivity contribution >= 4 is 51.7 Å². The van der Waals surface area contributed by atoms with Crippen molar-refractivity contribution in [1.29, 1.82) is 0 Å². The summed E-state index contributed by atoms with van der Waals surface area (Å²) in [6, 6.07) is 29.3. The van der Waals surface area contributed by atoms with Crippen LogP contribution >= 0.6 is 23.2 Å². The molecule has 1 aromatic heterocycles. The summed E-state index contributed by atoms with van der Waals surface area (Å²) in [7, 11) is 0. The number of nitrogens with one attached hydrogen (secondary N) is 2. The molecule has 0 radical (unpaired) electrons. The normalized spacial score (nSPS) is 13.8. The fraction of sp³-hybridized carbons (Fsp3) is 0.171. The average molecular weight is 627 g/mol. The molecule has 0 unspecified atom stereocenters. The molecule has 1 amide bonds. The molecule has 9 heteroatoms. The minimum absolute atomic E-state index is 0.0606. The SMILES string of the molecule is O=C(O)c1ccc(C(=O)N2CCC(Nc3cc(=O)[nH]c4ccc(C(c5ccc(Cl)cc5)c5ccc(Cl)cc5)cc34)CC2)cc1. The van der Waals surface area contributed by atoms with Crippen molar-refractivity contribution in [2.75, 3.05) is 18.4 Å². The molecule has 1 aliphatic rings. The Morgan fingerprint density at radius 3 is 1.89 bits per heavy atom. The highest BCUT2D eigenvalue weighted by atomic mass is 35.5. The number of carboxylic acid groups (broad SMARTS) is 1. The van der Waals surface area contributed by atoms with Crippen molar-refractivity contribution in [2.24, 2.45) is 0 Å². The van der Waals surface area contributed by atoms with E-state index in [9.17, 15) is 14.4 Å². The second kappa shape index (κ2) is 12.6. The van der Waals surface area contributed by atoms with Gasteiger partial charge in [-0.2, -0.15) is 0 Å². The molecule has 0 aliphatic carbocycles. The number of likely N-dealkylation sites (tertiary alicyclic amines) is 1. The Morgan fingerprint density at radius 1 is 0.773 bits per heavy atom. The highest BCUT2D eigenvalue weighted by Gasteiger charge is 2.25. The van der Waals surface area contributed by atoms with Gasteiger partial charge in [-0.05, 0) is 90.2 Å². The number of aromatic carboxylic acids is 1. The number of hydrogen-bond donors (Lipinski definition) is 3. The van der Waals surface area contributed by atoms with Crippen LogP contribution in [0, 0.1) is 0 Å². The van der Waals surface area contributed by atoms with Crippen LogP contribution in [-0.4, -0.2) is 46.0 Å². The molecule has 1 aliphatic heterocycles. The van der Waals surface area contributed by atoms with E-state index in [4.69, 9.17) is 28.3 Å². The maximum absolute atomic E-state index is 13.0. The molecular weight excluding hydrogens is 597 g/mol. The fourth-order valence-corrected chi connectivity index (χ4v) is 6.09. The van der Waals surface area contributed by atoms with Gasteiger partial charge in [0.05, 0.1) is 11.1 Å². The van der Waals surface area contributed by atoms with Crippen molar-refractivity contribution in [3.05, 3.63) is 145 Å². The third-order valence-electron chi connectivity index (χ3n) is 8.13. The van der Waals surface area contributed by atoms with Gasteiger partial charge in [-0.15, -0.1) is 0 Å². The lowest BCUT2D eigenvalue weighted by Crippen LogP contribution is -2.42. The molecule has 0 bridgehead atoms. The lowest BCUT2D eigenvalue weighted by molar-refractivity contribution is 0.0690. The summed E-state index contributed by atoms with van der Waals surface area (Å²) in [4.78, 5) is 41.5. The first-order valence-electron chi connectivity index (χ1n) is 14.3. The van der Waals surface area contributed by atoms with Crippen molar-refractivity contribution in [3.8, 4) is 0 Å². The van der Waals surface area contributed by atoms with Crippen LogP contribution in [0.5, 0.6) is 0 Å². The van der Waals surface area contributed by atoms with E-state index in [0.717, 1.165) is 33.3 Å². The minimum Gasteiger partial charge on any atom is -0.478 e. The zero-order valence-corrected chi connectivity index (χ0v) is 25.1. The number of benzene rings is 4. The molecule has 0 saturated carbocycles. The van der Waals surface area contributed by atoms with E-state index < -0.39 is 5.97 Å². The predicted molar refractivity (Wildman–Crippen MR) is 174 cm³/mol. The van der Waals surface area contributed by atoms with Crippen molar-refractivity contribution in [3.63, 3.8) is 0 Å². The third kappa shape index (κ3) is 6.34. The van der Waals surface area contributed by atoms with Crippen molar-refractivity contribution in [2.45, 2.75) is 24.8 Å². The summed E-state index contributed by atoms with van der Waals surface area (Å²) in [5.41, 5.74) is 5.08. The summed E-state index contributed by atoms with van der Waals surface area (Å²) in [5.74, 6) is -1.24. The Labute approximate surface area is 264 Å². The highest BCUT2D eigenvalue weighted by molar-refractivity contribution is 6.30. The van der Waals surface area contributed by atoms with Gasteiger partial charge in [0, 0.05) is 57.8 Å². The van der Waals surface area contributed by atoms with Crippen LogP contribution < -0.4 is 10.9 Å². The van der Waals surface area contributed by atoms with Crippen LogP contribution in [0.1, 0.15) is 56.2 Å². The summed E-state index contributed by atoms with van der Waals surface area (Å²) in [5, 5.41) is 14.9. The van der Waals surface area contributed by atoms with E-state index in [0.29, 0.717) is 41.5 Å². The monoisotopic (exact) mass is 625 g/mol. The number of aromatic nitrogens is 1. The molecule has 6 rings (SSSR count). The van der Waals surface area contributed by atoms with Gasteiger partial charge in [-0.25, -0.2) is 4.79 Å². The molecule has 1 fully saturated rings. The zero-order chi connectivity index (χ0) is 30.8. The maximum Gasteiger partial charge on any atom is 0.335 e. The number of hydrogen-bond acceptors (Lipinski definition) is 4. The van der Waals surface area contributed by atoms with Gasteiger partial charge in [-0.3, -0.25) is 9.59 Å². The second-order valence-electron chi connectivity index (χ2n) is 11.0. The maximum atomic E-state index is 13.0. The number of carbonyl (C=O) groups is 2. The van der Waals surface area contributed by atoms with E-state index in [2.05, 4.69) is 16.4 Å². The number of rotatable bonds is 7. The number of carbonyl (C=O) groups excluding carboxylic acids is 1. The third-order valence-corrected chi connectivity index (χ3v) is 8.63. The highest BCUT2D eigenvalue weighted by Crippen LogP contribution is 2.36. The Kier molecular flexibility index (Phi) is 8.42. The first kappa shape index (κ1) is 29.5. The Morgan fingerprint density at radius 2 is 1.32 bits per heavy atom. The first-order chi connectivity index (χ1) is 21.2. The number of nitrogens with zero attached hydrogens (tertiary/aromatic N) is 1. The van der Waals surface area contributed by atoms with E-state index in [1.165, 1.54) is 12.1 Å². The number of fused-ring (bicyclic) bond motifs is 1. The summed E-state index contributed by atoms with van der Waals surface area (Å²) in [6.45, 7) is 1.08. The Balaban J connectivity index is 1.25. The number of carboxylic acids is 1. The van der Waals surface area contributed by atoms with Gasteiger partial charge < -0.3 is 20.3 Å². The number of amides is 1. The number of pyridine rings is 1. The number of halogens is 2. The lowest BCUT2D eigenvalue weighted by Gasteiger charge is -2.33. The minimum atomic E-state index is -1.03. The fourth-order valence-electron chi connectivity index (χ4n) is 5.84. The Bertz CT molecular complexity index is 1830. The standard InChI is InChI=1S/C35H29Cl2N3O4/c36-26-10-5-21(6-11-26)33(22-7-12-27(37)13-8-22)25-9-14-30-29(19-25)31(20-32(41)39-30)38-28-15-17-40(18-16-28)34(42)23-1-3-24(4-2-23)35(43)44/h1-14,19-20,28,33H,15-18H2,(H,43,44)(H2,38,39,41). The van der Waals surface area contributed by atoms with Crippen molar-refractivity contribution in [1.82, 2.24) is 9.88 Å². The van der Waals surface area contributed by atoms with Gasteiger partial charge >= 0.3 is 5.97 Å². The zero-order valence-electron chi connectivity index (χ0n) is 23.6. The summed E-state index contributed by atoms with van der Waals surface area (Å²) >= 11 is 12.4. The first-order valence-corrected chi connectivity index (χ1v) is 15.1. The molecule has 44 heavy (non-hydrogen) atoms. The van der Waals surface area contributed by atoms with Gasteiger partial charge in [0.15, 0.2) is 0 Å². The smallest absolute Gasteiger partial charge is 0.335 e. The second-order valence-corrected chi connectivity index (χ2v) is 11.9. The molecule has 222 valence electrons. The lowest BCUT2D eigenvalue weighted by atomic mass is 9.84. The van der Waals surface area contributed by atoms with E-state index in [-0.39, 0.29) is 29.0 Å². The summed E-state index contributed by atoms with van der Waals surface area (Å²) in [6.07, 6.45) is 1.40. The molecule has 1 saturated heterocycles.